The van der Waals surface area contributed by atoms with Crippen molar-refractivity contribution in [2.24, 2.45) is 0 Å². The average Bonchev–Trinajstić information content (AvgIpc) is 2.54. The summed E-state index contributed by atoms with van der Waals surface area (Å²) in [6.07, 6.45) is 0. The van der Waals surface area contributed by atoms with Crippen LogP contribution in [0.4, 0.5) is 0 Å². The molecule has 0 aliphatic carbocycles. The van der Waals surface area contributed by atoms with Gasteiger partial charge in [-0.25, -0.2) is 0 Å². The van der Waals surface area contributed by atoms with Crippen LogP contribution in [-0.4, -0.2) is 7.85 Å². The molecule has 70 valence electrons. The maximum absolute atomic E-state index is 5.78. The third kappa shape index (κ3) is 1.37. The normalized spacial score (nSPS) is 11.3. The van der Waals surface area contributed by atoms with Gasteiger partial charge < -0.3 is 0 Å². The van der Waals surface area contributed by atoms with Crippen LogP contribution in [0.2, 0.25) is 0 Å². The van der Waals surface area contributed by atoms with Gasteiger partial charge in [0.2, 0.25) is 0 Å². The Balaban J connectivity index is 2.53. The first-order valence-corrected chi connectivity index (χ1v) is 5.74. The predicted octanol–water partition coefficient (Wildman–Crippen LogP) is 3.16. The van der Waals surface area contributed by atoms with Crippen molar-refractivity contribution < 1.29 is 0 Å². The Kier molecular flexibility index (Phi) is 1.86. The van der Waals surface area contributed by atoms with Crippen LogP contribution < -0.4 is 5.46 Å². The minimum absolute atomic E-state index is 0.839. The summed E-state index contributed by atoms with van der Waals surface area (Å²) in [7, 11) is 5.78. The summed E-state index contributed by atoms with van der Waals surface area (Å²) in [5.74, 6) is 0. The average molecular weight is 208 g/mol. The highest BCUT2D eigenvalue weighted by Gasteiger charge is 2.04. The minimum atomic E-state index is 0.839. The molecule has 0 amide bonds. The summed E-state index contributed by atoms with van der Waals surface area (Å²) >= 11 is 1.80. The maximum Gasteiger partial charge on any atom is 0.113 e. The molecule has 3 aromatic rings. The van der Waals surface area contributed by atoms with Crippen molar-refractivity contribution >= 4 is 44.8 Å². The fraction of sp³-hybridized carbons (Fsp3) is 0.0769. The van der Waals surface area contributed by atoms with E-state index in [0.717, 1.165) is 5.46 Å². The third-order valence-electron chi connectivity index (χ3n) is 2.65. The van der Waals surface area contributed by atoms with E-state index in [-0.39, 0.29) is 0 Å². The van der Waals surface area contributed by atoms with Crippen LogP contribution >= 0.6 is 11.3 Å². The summed E-state index contributed by atoms with van der Waals surface area (Å²) < 4.78 is 2.61. The van der Waals surface area contributed by atoms with Crippen molar-refractivity contribution in [3.63, 3.8) is 0 Å². The van der Waals surface area contributed by atoms with Crippen LogP contribution in [0, 0.1) is 6.92 Å². The highest BCUT2D eigenvalue weighted by Crippen LogP contribution is 2.33. The fourth-order valence-corrected chi connectivity index (χ4v) is 3.04. The molecular weight excluding hydrogens is 199 g/mol. The van der Waals surface area contributed by atoms with E-state index in [1.165, 1.54) is 25.7 Å². The molecule has 2 heteroatoms. The third-order valence-corrected chi connectivity index (χ3v) is 3.78. The summed E-state index contributed by atoms with van der Waals surface area (Å²) in [4.78, 5) is 0. The fourth-order valence-electron chi connectivity index (χ4n) is 1.91. The Morgan fingerprint density at radius 1 is 0.933 bits per heavy atom. The molecule has 0 unspecified atom stereocenters. The first-order chi connectivity index (χ1) is 7.24. The van der Waals surface area contributed by atoms with Gasteiger partial charge >= 0.3 is 0 Å². The summed E-state index contributed by atoms with van der Waals surface area (Å²) in [5, 5.41) is 2.66. The summed E-state index contributed by atoms with van der Waals surface area (Å²) in [5.41, 5.74) is 2.14. The van der Waals surface area contributed by atoms with Gasteiger partial charge in [0, 0.05) is 20.2 Å². The molecule has 0 fully saturated rings. The molecule has 0 nitrogen and oxygen atoms in total. The van der Waals surface area contributed by atoms with Gasteiger partial charge in [0.05, 0.1) is 0 Å². The van der Waals surface area contributed by atoms with Crippen LogP contribution in [0.25, 0.3) is 20.2 Å². The van der Waals surface area contributed by atoms with Gasteiger partial charge in [-0.15, -0.1) is 11.3 Å². The van der Waals surface area contributed by atoms with Crippen molar-refractivity contribution in [2.75, 3.05) is 0 Å². The smallest absolute Gasteiger partial charge is 0.113 e. The number of benzene rings is 2. The number of hydrogen-bond donors (Lipinski definition) is 0. The first kappa shape index (κ1) is 8.99. The largest absolute Gasteiger partial charge is 0.135 e. The van der Waals surface area contributed by atoms with Gasteiger partial charge in [-0.05, 0) is 19.1 Å². The maximum atomic E-state index is 5.78. The van der Waals surface area contributed by atoms with Gasteiger partial charge in [0.25, 0.3) is 0 Å². The van der Waals surface area contributed by atoms with Crippen molar-refractivity contribution in [3.8, 4) is 0 Å². The monoisotopic (exact) mass is 208 g/mol. The molecule has 0 spiro atoms. The molecule has 1 heterocycles. The second-order valence-electron chi connectivity index (χ2n) is 3.86. The van der Waals surface area contributed by atoms with Gasteiger partial charge in [-0.2, -0.15) is 0 Å². The molecule has 3 rings (SSSR count). The Hall–Kier alpha value is -1.28. The van der Waals surface area contributed by atoms with Crippen molar-refractivity contribution in [1.82, 2.24) is 0 Å². The molecule has 0 bridgehead atoms. The molecule has 2 aromatic carbocycles. The standard InChI is InChI=1S/C13H9BS/c1-8-2-5-12-11(6-8)10-4-3-9(14)7-13(10)15-12/h2-7H,1H3. The highest BCUT2D eigenvalue weighted by atomic mass is 32.1. The van der Waals surface area contributed by atoms with E-state index >= 15 is 0 Å². The quantitative estimate of drug-likeness (QED) is 0.498. The van der Waals surface area contributed by atoms with Gasteiger partial charge in [-0.1, -0.05) is 35.3 Å². The molecule has 0 aliphatic rings. The molecule has 0 atom stereocenters. The Labute approximate surface area is 94.0 Å². The van der Waals surface area contributed by atoms with Gasteiger partial charge in [-0.3, -0.25) is 0 Å². The second-order valence-corrected chi connectivity index (χ2v) is 4.94. The molecule has 0 N–H and O–H groups in total. The molecule has 2 radical (unpaired) electrons. The lowest BCUT2D eigenvalue weighted by Crippen LogP contribution is -1.98. The Morgan fingerprint density at radius 2 is 1.80 bits per heavy atom. The minimum Gasteiger partial charge on any atom is -0.135 e. The van der Waals surface area contributed by atoms with Gasteiger partial charge in [0.1, 0.15) is 7.85 Å². The van der Waals surface area contributed by atoms with E-state index < -0.39 is 0 Å². The molecular formula is C13H9BS. The predicted molar refractivity (Wildman–Crippen MR) is 69.5 cm³/mol. The van der Waals surface area contributed by atoms with Gasteiger partial charge in [0.15, 0.2) is 0 Å². The zero-order chi connectivity index (χ0) is 10.4. The van der Waals surface area contributed by atoms with E-state index in [4.69, 9.17) is 7.85 Å². The van der Waals surface area contributed by atoms with Crippen LogP contribution in [0.15, 0.2) is 36.4 Å². The van der Waals surface area contributed by atoms with Crippen molar-refractivity contribution in [2.45, 2.75) is 6.92 Å². The SMILES string of the molecule is [B]c1ccc2c(c1)sc1ccc(C)cc12. The van der Waals surface area contributed by atoms with Crippen LogP contribution in [0.3, 0.4) is 0 Å². The Bertz CT molecular complexity index is 652. The summed E-state index contributed by atoms with van der Waals surface area (Å²) in [6, 6.07) is 12.7. The number of aryl methyl sites for hydroxylation is 1. The zero-order valence-electron chi connectivity index (χ0n) is 8.45. The zero-order valence-corrected chi connectivity index (χ0v) is 9.27. The van der Waals surface area contributed by atoms with Crippen molar-refractivity contribution in [1.29, 1.82) is 0 Å². The van der Waals surface area contributed by atoms with Crippen LogP contribution in [0.5, 0.6) is 0 Å². The number of fused-ring (bicyclic) bond motifs is 3. The van der Waals surface area contributed by atoms with Crippen molar-refractivity contribution in [3.05, 3.63) is 42.0 Å². The van der Waals surface area contributed by atoms with E-state index in [9.17, 15) is 0 Å². The van der Waals surface area contributed by atoms with Crippen LogP contribution in [0.1, 0.15) is 5.56 Å². The van der Waals surface area contributed by atoms with E-state index in [2.05, 4.69) is 37.3 Å². The second kappa shape index (κ2) is 3.11. The lowest BCUT2D eigenvalue weighted by atomic mass is 9.95. The number of rotatable bonds is 0. The number of thiophene rings is 1. The van der Waals surface area contributed by atoms with E-state index in [0.29, 0.717) is 0 Å². The van der Waals surface area contributed by atoms with E-state index in [1.54, 1.807) is 11.3 Å². The molecule has 0 aliphatic heterocycles. The number of hydrogen-bond acceptors (Lipinski definition) is 1. The van der Waals surface area contributed by atoms with E-state index in [1.807, 2.05) is 6.07 Å². The topological polar surface area (TPSA) is 0 Å². The highest BCUT2D eigenvalue weighted by molar-refractivity contribution is 7.25. The lowest BCUT2D eigenvalue weighted by molar-refractivity contribution is 1.52. The molecule has 15 heavy (non-hydrogen) atoms. The molecule has 1 aromatic heterocycles. The van der Waals surface area contributed by atoms with Crippen LogP contribution in [-0.2, 0) is 0 Å². The Morgan fingerprint density at radius 3 is 2.67 bits per heavy atom. The first-order valence-electron chi connectivity index (χ1n) is 4.92. The lowest BCUT2D eigenvalue weighted by Gasteiger charge is -1.94. The molecule has 0 saturated heterocycles. The summed E-state index contributed by atoms with van der Waals surface area (Å²) in [6.45, 7) is 2.13. The molecule has 0 saturated carbocycles.